The molecule has 0 unspecified atom stereocenters. The fourth-order valence-electron chi connectivity index (χ4n) is 1.59. The van der Waals surface area contributed by atoms with Crippen LogP contribution in [0.5, 0.6) is 0 Å². The molecule has 0 aliphatic carbocycles. The maximum absolute atomic E-state index is 12.9. The van der Waals surface area contributed by atoms with Gasteiger partial charge in [0.15, 0.2) is 0 Å². The fourth-order valence-corrected chi connectivity index (χ4v) is 1.94. The van der Waals surface area contributed by atoms with Gasteiger partial charge in [-0.3, -0.25) is 10.1 Å². The molecule has 1 saturated heterocycles. The van der Waals surface area contributed by atoms with Gasteiger partial charge in [0.25, 0.3) is 5.92 Å². The molecule has 17 heavy (non-hydrogen) atoms. The molecule has 0 bridgehead atoms. The summed E-state index contributed by atoms with van der Waals surface area (Å²) in [5.41, 5.74) is 0. The molecule has 1 aliphatic heterocycles. The molecular formula is C10H10BrF2N3O. The van der Waals surface area contributed by atoms with Gasteiger partial charge in [0, 0.05) is 6.42 Å². The molecule has 0 radical (unpaired) electrons. The van der Waals surface area contributed by atoms with Crippen molar-refractivity contribution in [3.8, 4) is 0 Å². The standard InChI is InChI=1S/C10H10BrF2N3O/c11-7-2-1-3-8(15-7)16-9(17)6-4-10(12,13)5-14-6/h1-3,6,14H,4-5H2,(H,15,16,17)/t6-/m0/s1. The molecule has 2 rings (SSSR count). The Kier molecular flexibility index (Phi) is 3.39. The maximum Gasteiger partial charge on any atom is 0.262 e. The van der Waals surface area contributed by atoms with Gasteiger partial charge in [0.05, 0.1) is 12.6 Å². The Bertz CT molecular complexity index is 441. The van der Waals surface area contributed by atoms with Crippen LogP contribution in [0.15, 0.2) is 22.8 Å². The Balaban J connectivity index is 1.98. The smallest absolute Gasteiger partial charge is 0.262 e. The average molecular weight is 306 g/mol. The first-order chi connectivity index (χ1) is 7.96. The van der Waals surface area contributed by atoms with Gasteiger partial charge in [-0.05, 0) is 28.1 Å². The number of carbonyl (C=O) groups is 1. The number of aromatic nitrogens is 1. The Labute approximate surface area is 105 Å². The van der Waals surface area contributed by atoms with Gasteiger partial charge in [-0.15, -0.1) is 0 Å². The number of hydrogen-bond donors (Lipinski definition) is 2. The van der Waals surface area contributed by atoms with E-state index in [0.717, 1.165) is 0 Å². The molecule has 1 aromatic heterocycles. The number of rotatable bonds is 2. The number of hydrogen-bond acceptors (Lipinski definition) is 3. The lowest BCUT2D eigenvalue weighted by Crippen LogP contribution is -2.35. The Hall–Kier alpha value is -1.08. The summed E-state index contributed by atoms with van der Waals surface area (Å²) in [6.45, 7) is -0.461. The van der Waals surface area contributed by atoms with Crippen molar-refractivity contribution in [1.29, 1.82) is 0 Å². The van der Waals surface area contributed by atoms with Crippen molar-refractivity contribution >= 4 is 27.7 Å². The first kappa shape index (κ1) is 12.4. The minimum Gasteiger partial charge on any atom is -0.309 e. The monoisotopic (exact) mass is 305 g/mol. The lowest BCUT2D eigenvalue weighted by Gasteiger charge is -2.10. The molecule has 0 aromatic carbocycles. The molecule has 1 atom stereocenters. The van der Waals surface area contributed by atoms with Crippen LogP contribution in [0.25, 0.3) is 0 Å². The van der Waals surface area contributed by atoms with Crippen LogP contribution in [0.3, 0.4) is 0 Å². The summed E-state index contributed by atoms with van der Waals surface area (Å²) in [6, 6.07) is 4.13. The van der Waals surface area contributed by atoms with Crippen LogP contribution in [-0.2, 0) is 4.79 Å². The molecule has 4 nitrogen and oxygen atoms in total. The number of halogens is 3. The van der Waals surface area contributed by atoms with Gasteiger partial charge in [0.1, 0.15) is 10.4 Å². The van der Waals surface area contributed by atoms with Crippen molar-refractivity contribution in [2.24, 2.45) is 0 Å². The predicted octanol–water partition coefficient (Wildman–Crippen LogP) is 1.78. The second kappa shape index (κ2) is 4.66. The summed E-state index contributed by atoms with van der Waals surface area (Å²) >= 11 is 3.16. The first-order valence-corrected chi connectivity index (χ1v) is 5.80. The molecule has 92 valence electrons. The van der Waals surface area contributed by atoms with E-state index >= 15 is 0 Å². The van der Waals surface area contributed by atoms with E-state index in [2.05, 4.69) is 31.5 Å². The van der Waals surface area contributed by atoms with Gasteiger partial charge in [-0.25, -0.2) is 13.8 Å². The highest BCUT2D eigenvalue weighted by atomic mass is 79.9. The predicted molar refractivity (Wildman–Crippen MR) is 61.9 cm³/mol. The third-order valence-electron chi connectivity index (χ3n) is 2.39. The third-order valence-corrected chi connectivity index (χ3v) is 2.83. The van der Waals surface area contributed by atoms with Gasteiger partial charge in [-0.2, -0.15) is 0 Å². The van der Waals surface area contributed by atoms with Gasteiger partial charge in [0.2, 0.25) is 5.91 Å². The number of alkyl halides is 2. The van der Waals surface area contributed by atoms with E-state index in [1.54, 1.807) is 18.2 Å². The number of amides is 1. The summed E-state index contributed by atoms with van der Waals surface area (Å²) in [4.78, 5) is 15.6. The zero-order chi connectivity index (χ0) is 12.5. The SMILES string of the molecule is O=C(Nc1cccc(Br)n1)[C@@H]1CC(F)(F)CN1. The first-order valence-electron chi connectivity index (χ1n) is 5.01. The van der Waals surface area contributed by atoms with Gasteiger partial charge in [-0.1, -0.05) is 6.07 Å². The summed E-state index contributed by atoms with van der Waals surface area (Å²) in [5.74, 6) is -2.97. The van der Waals surface area contributed by atoms with Crippen LogP contribution in [0, 0.1) is 0 Å². The van der Waals surface area contributed by atoms with E-state index in [0.29, 0.717) is 10.4 Å². The molecule has 2 N–H and O–H groups in total. The van der Waals surface area contributed by atoms with E-state index in [1.165, 1.54) is 0 Å². The van der Waals surface area contributed by atoms with Crippen LogP contribution < -0.4 is 10.6 Å². The largest absolute Gasteiger partial charge is 0.309 e. The zero-order valence-electron chi connectivity index (χ0n) is 8.71. The fraction of sp³-hybridized carbons (Fsp3) is 0.400. The highest BCUT2D eigenvalue weighted by Gasteiger charge is 2.42. The normalized spacial score (nSPS) is 22.4. The Morgan fingerprint density at radius 3 is 2.94 bits per heavy atom. The van der Waals surface area contributed by atoms with Crippen molar-refractivity contribution in [2.75, 3.05) is 11.9 Å². The molecule has 1 amide bonds. The summed E-state index contributed by atoms with van der Waals surface area (Å²) < 4.78 is 26.4. The number of carbonyl (C=O) groups excluding carboxylic acids is 1. The Morgan fingerprint density at radius 1 is 1.59 bits per heavy atom. The molecule has 1 aliphatic rings. The Morgan fingerprint density at radius 2 is 2.35 bits per heavy atom. The second-order valence-electron chi connectivity index (χ2n) is 3.83. The number of pyridine rings is 1. The van der Waals surface area contributed by atoms with Crippen LogP contribution in [0.4, 0.5) is 14.6 Å². The topological polar surface area (TPSA) is 54.0 Å². The molecule has 0 spiro atoms. The molecule has 1 fully saturated rings. The highest BCUT2D eigenvalue weighted by molar-refractivity contribution is 9.10. The average Bonchev–Trinajstić information content (AvgIpc) is 2.59. The molecule has 2 heterocycles. The summed E-state index contributed by atoms with van der Waals surface area (Å²) in [5, 5.41) is 4.97. The third kappa shape index (κ3) is 3.19. The van der Waals surface area contributed by atoms with Crippen LogP contribution >= 0.6 is 15.9 Å². The van der Waals surface area contributed by atoms with E-state index in [9.17, 15) is 13.6 Å². The minimum absolute atomic E-state index is 0.335. The van der Waals surface area contributed by atoms with Gasteiger partial charge >= 0.3 is 0 Å². The van der Waals surface area contributed by atoms with Crippen molar-refractivity contribution in [3.63, 3.8) is 0 Å². The molecular weight excluding hydrogens is 296 g/mol. The zero-order valence-corrected chi connectivity index (χ0v) is 10.3. The summed E-state index contributed by atoms with van der Waals surface area (Å²) in [6.07, 6.45) is -0.479. The molecule has 0 saturated carbocycles. The van der Waals surface area contributed by atoms with E-state index in [-0.39, 0.29) is 0 Å². The van der Waals surface area contributed by atoms with Crippen LogP contribution in [0.2, 0.25) is 0 Å². The van der Waals surface area contributed by atoms with Crippen LogP contribution in [0.1, 0.15) is 6.42 Å². The molecule has 7 heteroatoms. The second-order valence-corrected chi connectivity index (χ2v) is 4.64. The molecule has 1 aromatic rings. The van der Waals surface area contributed by atoms with Crippen molar-refractivity contribution in [2.45, 2.75) is 18.4 Å². The van der Waals surface area contributed by atoms with Crippen molar-refractivity contribution < 1.29 is 13.6 Å². The lowest BCUT2D eigenvalue weighted by atomic mass is 10.2. The maximum atomic E-state index is 12.9. The van der Waals surface area contributed by atoms with E-state index in [1.807, 2.05) is 0 Å². The van der Waals surface area contributed by atoms with Crippen molar-refractivity contribution in [3.05, 3.63) is 22.8 Å². The number of nitrogens with one attached hydrogen (secondary N) is 2. The number of anilines is 1. The number of nitrogens with zero attached hydrogens (tertiary/aromatic N) is 1. The van der Waals surface area contributed by atoms with Crippen LogP contribution in [-0.4, -0.2) is 29.4 Å². The van der Waals surface area contributed by atoms with Crippen molar-refractivity contribution in [1.82, 2.24) is 10.3 Å². The van der Waals surface area contributed by atoms with E-state index in [4.69, 9.17) is 0 Å². The quantitative estimate of drug-likeness (QED) is 0.819. The van der Waals surface area contributed by atoms with E-state index < -0.39 is 30.8 Å². The lowest BCUT2D eigenvalue weighted by molar-refractivity contribution is -0.118. The minimum atomic E-state index is -2.81. The highest BCUT2D eigenvalue weighted by Crippen LogP contribution is 2.25. The summed E-state index contributed by atoms with van der Waals surface area (Å²) in [7, 11) is 0. The van der Waals surface area contributed by atoms with Gasteiger partial charge < -0.3 is 5.32 Å².